The van der Waals surface area contributed by atoms with Crippen molar-refractivity contribution < 1.29 is 9.53 Å². The van der Waals surface area contributed by atoms with E-state index >= 15 is 0 Å². The standard InChI is InChI=1S/C18H24N6O2S2/c1-5-19-17(20-9-13-10-24-7-8-27-18(24)23-13)22-12(4)15-21-11(3)14(28-15)16(25)26-6-2/h7-8,10,12H,5-6,9H2,1-4H3,(H2,19,20,22). The van der Waals surface area contributed by atoms with Crippen LogP contribution in [-0.4, -0.2) is 39.4 Å². The first-order chi connectivity index (χ1) is 13.5. The Morgan fingerprint density at radius 3 is 2.93 bits per heavy atom. The SMILES string of the molecule is CCNC(=NCc1cn2ccsc2n1)NC(C)c1nc(C)c(C(=O)OCC)s1. The zero-order valence-electron chi connectivity index (χ0n) is 16.4. The first kappa shape index (κ1) is 20.3. The lowest BCUT2D eigenvalue weighted by Gasteiger charge is -2.15. The summed E-state index contributed by atoms with van der Waals surface area (Å²) < 4.78 is 7.09. The lowest BCUT2D eigenvalue weighted by Crippen LogP contribution is -2.38. The van der Waals surface area contributed by atoms with Crippen molar-refractivity contribution in [2.24, 2.45) is 4.99 Å². The molecule has 0 radical (unpaired) electrons. The van der Waals surface area contributed by atoms with Crippen LogP contribution in [0, 0.1) is 6.92 Å². The number of esters is 1. The Kier molecular flexibility index (Phi) is 6.63. The summed E-state index contributed by atoms with van der Waals surface area (Å²) >= 11 is 2.95. The molecule has 150 valence electrons. The minimum atomic E-state index is -0.323. The second-order valence-corrected chi connectivity index (χ2v) is 7.98. The van der Waals surface area contributed by atoms with Gasteiger partial charge < -0.3 is 15.4 Å². The van der Waals surface area contributed by atoms with Crippen LogP contribution >= 0.6 is 22.7 Å². The number of hydrogen-bond acceptors (Lipinski definition) is 7. The number of ether oxygens (including phenoxy) is 1. The third-order valence-corrected chi connectivity index (χ3v) is 5.98. The van der Waals surface area contributed by atoms with Crippen molar-refractivity contribution in [3.05, 3.63) is 39.0 Å². The molecule has 0 saturated heterocycles. The highest BCUT2D eigenvalue weighted by molar-refractivity contribution is 7.15. The number of nitrogens with one attached hydrogen (secondary N) is 2. The van der Waals surface area contributed by atoms with Gasteiger partial charge in [-0.2, -0.15) is 0 Å². The van der Waals surface area contributed by atoms with Crippen LogP contribution in [0.4, 0.5) is 0 Å². The maximum Gasteiger partial charge on any atom is 0.350 e. The molecular weight excluding hydrogens is 396 g/mol. The molecule has 3 heterocycles. The fourth-order valence-electron chi connectivity index (χ4n) is 2.59. The molecule has 3 rings (SSSR count). The molecule has 10 heteroatoms. The number of aliphatic imine (C=N–C) groups is 1. The Bertz CT molecular complexity index is 945. The average Bonchev–Trinajstić information content (AvgIpc) is 3.34. The molecule has 0 aliphatic heterocycles. The van der Waals surface area contributed by atoms with E-state index in [9.17, 15) is 4.79 Å². The molecule has 1 unspecified atom stereocenters. The van der Waals surface area contributed by atoms with Gasteiger partial charge in [0.05, 0.1) is 30.6 Å². The van der Waals surface area contributed by atoms with Gasteiger partial charge in [0, 0.05) is 24.3 Å². The number of hydrogen-bond donors (Lipinski definition) is 2. The normalized spacial score (nSPS) is 12.9. The number of carbonyl (C=O) groups excluding carboxylic acids is 1. The molecule has 28 heavy (non-hydrogen) atoms. The van der Waals surface area contributed by atoms with Crippen molar-refractivity contribution >= 4 is 39.6 Å². The quantitative estimate of drug-likeness (QED) is 0.346. The molecule has 0 fully saturated rings. The maximum atomic E-state index is 12.0. The van der Waals surface area contributed by atoms with Crippen LogP contribution in [0.3, 0.4) is 0 Å². The Morgan fingerprint density at radius 2 is 2.21 bits per heavy atom. The van der Waals surface area contributed by atoms with Crippen molar-refractivity contribution in [1.82, 2.24) is 25.0 Å². The lowest BCUT2D eigenvalue weighted by molar-refractivity contribution is 0.0531. The summed E-state index contributed by atoms with van der Waals surface area (Å²) in [5.74, 6) is 0.355. The van der Waals surface area contributed by atoms with Gasteiger partial charge in [0.25, 0.3) is 0 Å². The second kappa shape index (κ2) is 9.16. The zero-order chi connectivity index (χ0) is 20.1. The number of rotatable bonds is 7. The Labute approximate surface area is 171 Å². The molecule has 0 aromatic carbocycles. The first-order valence-corrected chi connectivity index (χ1v) is 10.8. The van der Waals surface area contributed by atoms with Crippen molar-refractivity contribution in [3.8, 4) is 0 Å². The summed E-state index contributed by atoms with van der Waals surface area (Å²) in [6.07, 6.45) is 3.97. The van der Waals surface area contributed by atoms with E-state index in [2.05, 4.69) is 25.6 Å². The maximum absolute atomic E-state index is 12.0. The van der Waals surface area contributed by atoms with Crippen LogP contribution in [-0.2, 0) is 11.3 Å². The van der Waals surface area contributed by atoms with Crippen molar-refractivity contribution in [1.29, 1.82) is 0 Å². The molecule has 0 amide bonds. The lowest BCUT2D eigenvalue weighted by atomic mass is 10.3. The van der Waals surface area contributed by atoms with Crippen LogP contribution in [0.5, 0.6) is 0 Å². The number of aryl methyl sites for hydroxylation is 1. The second-order valence-electron chi connectivity index (χ2n) is 6.07. The summed E-state index contributed by atoms with van der Waals surface area (Å²) in [6, 6.07) is -0.102. The van der Waals surface area contributed by atoms with Gasteiger partial charge in [0.2, 0.25) is 0 Å². The third-order valence-electron chi connectivity index (χ3n) is 3.88. The Balaban J connectivity index is 1.69. The van der Waals surface area contributed by atoms with Gasteiger partial charge in [-0.1, -0.05) is 0 Å². The first-order valence-electron chi connectivity index (χ1n) is 9.12. The fourth-order valence-corrected chi connectivity index (χ4v) is 4.27. The topological polar surface area (TPSA) is 92.9 Å². The predicted octanol–water partition coefficient (Wildman–Crippen LogP) is 3.15. The molecule has 3 aromatic heterocycles. The zero-order valence-corrected chi connectivity index (χ0v) is 18.0. The number of carbonyl (C=O) groups is 1. The van der Waals surface area contributed by atoms with Gasteiger partial charge in [-0.05, 0) is 27.7 Å². The van der Waals surface area contributed by atoms with Gasteiger partial charge in [-0.25, -0.2) is 19.8 Å². The van der Waals surface area contributed by atoms with E-state index in [-0.39, 0.29) is 12.0 Å². The number of aromatic nitrogens is 3. The van der Waals surface area contributed by atoms with Crippen LogP contribution in [0.25, 0.3) is 4.96 Å². The smallest absolute Gasteiger partial charge is 0.350 e. The van der Waals surface area contributed by atoms with E-state index in [4.69, 9.17) is 4.74 Å². The number of imidazole rings is 1. The van der Waals surface area contributed by atoms with Crippen LogP contribution in [0.2, 0.25) is 0 Å². The molecule has 0 aliphatic carbocycles. The summed E-state index contributed by atoms with van der Waals surface area (Å²) in [7, 11) is 0. The summed E-state index contributed by atoms with van der Waals surface area (Å²) in [6.45, 7) is 9.18. The molecule has 0 bridgehead atoms. The van der Waals surface area contributed by atoms with Gasteiger partial charge in [-0.15, -0.1) is 22.7 Å². The van der Waals surface area contributed by atoms with E-state index in [1.807, 2.05) is 42.9 Å². The molecular formula is C18H24N6O2S2. The largest absolute Gasteiger partial charge is 0.462 e. The monoisotopic (exact) mass is 420 g/mol. The fraction of sp³-hybridized carbons (Fsp3) is 0.444. The summed E-state index contributed by atoms with van der Waals surface area (Å²) in [5.41, 5.74) is 1.60. The molecule has 2 N–H and O–H groups in total. The highest BCUT2D eigenvalue weighted by Gasteiger charge is 2.20. The minimum absolute atomic E-state index is 0.102. The van der Waals surface area contributed by atoms with Gasteiger partial charge >= 0.3 is 5.97 Å². The van der Waals surface area contributed by atoms with Gasteiger partial charge in [0.1, 0.15) is 9.88 Å². The van der Waals surface area contributed by atoms with Crippen molar-refractivity contribution in [2.75, 3.05) is 13.2 Å². The number of thiazole rings is 2. The highest BCUT2D eigenvalue weighted by atomic mass is 32.1. The molecule has 8 nitrogen and oxygen atoms in total. The summed E-state index contributed by atoms with van der Waals surface area (Å²) in [5, 5.41) is 9.40. The Morgan fingerprint density at radius 1 is 1.39 bits per heavy atom. The van der Waals surface area contributed by atoms with E-state index in [0.717, 1.165) is 22.2 Å². The molecule has 0 saturated carbocycles. The predicted molar refractivity (Wildman–Crippen MR) is 112 cm³/mol. The van der Waals surface area contributed by atoms with Crippen LogP contribution in [0.1, 0.15) is 52.9 Å². The number of guanidine groups is 1. The van der Waals surface area contributed by atoms with E-state index in [1.54, 1.807) is 18.3 Å². The van der Waals surface area contributed by atoms with Crippen LogP contribution < -0.4 is 10.6 Å². The van der Waals surface area contributed by atoms with E-state index < -0.39 is 0 Å². The molecule has 1 atom stereocenters. The number of nitrogens with zero attached hydrogens (tertiary/aromatic N) is 4. The third kappa shape index (κ3) is 4.68. The van der Waals surface area contributed by atoms with Crippen LogP contribution in [0.15, 0.2) is 22.8 Å². The van der Waals surface area contributed by atoms with E-state index in [1.165, 1.54) is 11.3 Å². The number of fused-ring (bicyclic) bond motifs is 1. The van der Waals surface area contributed by atoms with Gasteiger partial charge in [0.15, 0.2) is 10.9 Å². The van der Waals surface area contributed by atoms with E-state index in [0.29, 0.717) is 29.7 Å². The average molecular weight is 421 g/mol. The molecule has 0 aliphatic rings. The molecule has 3 aromatic rings. The summed E-state index contributed by atoms with van der Waals surface area (Å²) in [4.78, 5) is 27.2. The minimum Gasteiger partial charge on any atom is -0.462 e. The van der Waals surface area contributed by atoms with Crippen molar-refractivity contribution in [3.63, 3.8) is 0 Å². The highest BCUT2D eigenvalue weighted by Crippen LogP contribution is 2.24. The van der Waals surface area contributed by atoms with Crippen molar-refractivity contribution in [2.45, 2.75) is 40.3 Å². The Hall–Kier alpha value is -2.46. The molecule has 0 spiro atoms. The van der Waals surface area contributed by atoms with Gasteiger partial charge in [-0.3, -0.25) is 4.40 Å².